The Labute approximate surface area is 674 Å². The van der Waals surface area contributed by atoms with Crippen LogP contribution in [0, 0.1) is 25.7 Å². The van der Waals surface area contributed by atoms with Gasteiger partial charge in [-0.3, -0.25) is 29.8 Å². The van der Waals surface area contributed by atoms with Crippen LogP contribution in [0.5, 0.6) is 11.5 Å². The standard InChI is InChI=1S/C42H52N6O9S.C41H50N6O9S/c1-24(2)55-41(53)46-39-44-32(23-58-39)31-20-34(29-17-12-13-25(3)35(29)43-31)56-28-19-33-36(49)47-42(38(51)54-4)21-26(42)14-8-6-5-7-9-18-30(37(50)48(33)22-28)45-40(52)57-27-15-10-11-16-27;1-23(2)54-40(53)45-38-43-31(22-57-38)30-19-33(28-16-11-12-24(3)34(28)42-30)55-27-18-32-35(48)46-41(37(50)51)20-25(41)13-7-5-4-6-8-17-29(36(49)47(32)21-27)44-39(52)56-26-14-9-10-15-26/h8,12-14,17,20,23-24,26-28,30,33H,5-7,9-11,15-16,18-19,21-22H2,1-4H3,(H,45,52)(H,47,49)(H,44,46,53);7,11-13,16,19,22-23,25-27,29,32H,4-6,8-10,14-15,17-18,20-21H2,1-3H3,(H,44,52)(H,46,48)(H,50,51)(H,43,45,53)/b14-8-;13-7-/t26?,28-,30+,33+,42-;25?,27-,29+,32+,41-/m11/s1. The van der Waals surface area contributed by atoms with E-state index in [1.807, 2.05) is 74.5 Å². The quantitative estimate of drug-likeness (QED) is 0.0269. The lowest BCUT2D eigenvalue weighted by molar-refractivity contribution is -0.148. The van der Waals surface area contributed by atoms with E-state index in [0.717, 1.165) is 106 Å². The van der Waals surface area contributed by atoms with E-state index in [-0.39, 0.29) is 68.6 Å². The molecule has 14 rings (SSSR count). The van der Waals surface area contributed by atoms with Gasteiger partial charge in [-0.1, -0.05) is 74.3 Å². The Kier molecular flexibility index (Phi) is 26.2. The number of carbonyl (C=O) groups is 10. The Morgan fingerprint density at radius 3 is 1.37 bits per heavy atom. The third kappa shape index (κ3) is 19.9. The van der Waals surface area contributed by atoms with E-state index < -0.39 is 107 Å². The van der Waals surface area contributed by atoms with Crippen LogP contribution in [-0.2, 0) is 52.5 Å². The number of esters is 1. The lowest BCUT2D eigenvalue weighted by Crippen LogP contribution is -2.56. The highest BCUT2D eigenvalue weighted by Crippen LogP contribution is 2.48. The van der Waals surface area contributed by atoms with Crippen LogP contribution in [0.1, 0.15) is 180 Å². The van der Waals surface area contributed by atoms with Gasteiger partial charge < -0.3 is 69.3 Å². The maximum atomic E-state index is 14.6. The second-order valence-electron chi connectivity index (χ2n) is 31.6. The summed E-state index contributed by atoms with van der Waals surface area (Å²) in [5.41, 5.74) is 2.39. The van der Waals surface area contributed by atoms with Gasteiger partial charge in [0.2, 0.25) is 23.6 Å². The molecule has 32 heteroatoms. The van der Waals surface area contributed by atoms with Crippen LogP contribution in [0.25, 0.3) is 44.6 Å². The first kappa shape index (κ1) is 82.5. The van der Waals surface area contributed by atoms with Gasteiger partial charge >= 0.3 is 36.3 Å². The average Bonchev–Trinajstić information content (AvgIpc) is 1.59. The molecule has 6 fully saturated rings. The normalized spacial score (nSPS) is 25.9. The van der Waals surface area contributed by atoms with Crippen molar-refractivity contribution in [2.24, 2.45) is 11.8 Å². The lowest BCUT2D eigenvalue weighted by atomic mass is 10.0. The minimum atomic E-state index is -1.47. The zero-order valence-corrected chi connectivity index (χ0v) is 67.5. The number of fused-ring (bicyclic) bond motifs is 6. The molecule has 0 radical (unpaired) electrons. The van der Waals surface area contributed by atoms with Crippen molar-refractivity contribution in [2.75, 3.05) is 30.8 Å². The molecule has 4 saturated carbocycles. The fraction of sp³-hybridized carbons (Fsp3) is 0.542. The van der Waals surface area contributed by atoms with E-state index in [1.54, 1.807) is 50.6 Å². The molecule has 0 spiro atoms. The first-order valence-corrected chi connectivity index (χ1v) is 42.0. The molecular weight excluding hydrogens is 1520 g/mol. The summed E-state index contributed by atoms with van der Waals surface area (Å²) in [6.45, 7) is 10.9. The van der Waals surface area contributed by atoms with Crippen molar-refractivity contribution in [2.45, 2.75) is 255 Å². The number of rotatable bonds is 16. The second-order valence-corrected chi connectivity index (χ2v) is 33.4. The van der Waals surface area contributed by atoms with Crippen LogP contribution in [0.3, 0.4) is 0 Å². The number of amides is 8. The summed E-state index contributed by atoms with van der Waals surface area (Å²) >= 11 is 2.44. The number of hydrogen-bond donors (Lipinski definition) is 7. The molecule has 614 valence electrons. The maximum absolute atomic E-state index is 14.6. The summed E-state index contributed by atoms with van der Waals surface area (Å²) in [4.78, 5) is 156. The van der Waals surface area contributed by atoms with E-state index in [1.165, 1.54) is 39.6 Å². The lowest BCUT2D eigenvalue weighted by Gasteiger charge is -2.29. The van der Waals surface area contributed by atoms with E-state index in [0.29, 0.717) is 93.1 Å². The number of aliphatic carboxylic acids is 1. The van der Waals surface area contributed by atoms with Crippen molar-refractivity contribution in [3.63, 3.8) is 0 Å². The molecule has 8 heterocycles. The number of ether oxygens (including phenoxy) is 7. The maximum Gasteiger partial charge on any atom is 0.413 e. The number of carboxylic acids is 1. The number of anilines is 2. The number of thiazole rings is 2. The molecule has 4 aliphatic carbocycles. The first-order chi connectivity index (χ1) is 55.3. The van der Waals surface area contributed by atoms with Gasteiger partial charge in [-0.05, 0) is 168 Å². The summed E-state index contributed by atoms with van der Waals surface area (Å²) in [5, 5.41) is 32.7. The van der Waals surface area contributed by atoms with Crippen LogP contribution in [0.2, 0.25) is 0 Å². The van der Waals surface area contributed by atoms with Crippen LogP contribution >= 0.6 is 22.7 Å². The van der Waals surface area contributed by atoms with Crippen molar-refractivity contribution >= 4 is 115 Å². The van der Waals surface area contributed by atoms with Gasteiger partial charge in [0.25, 0.3) is 0 Å². The van der Waals surface area contributed by atoms with Crippen molar-refractivity contribution in [1.29, 1.82) is 0 Å². The van der Waals surface area contributed by atoms with Gasteiger partial charge in [0.05, 0.1) is 54.8 Å². The number of nitrogens with zero attached hydrogens (tertiary/aromatic N) is 6. The molecule has 2 saturated heterocycles. The molecule has 2 aromatic carbocycles. The predicted molar refractivity (Wildman–Crippen MR) is 428 cm³/mol. The Hall–Kier alpha value is -10.5. The fourth-order valence-corrected chi connectivity index (χ4v) is 17.6. The number of benzene rings is 2. The zero-order valence-electron chi connectivity index (χ0n) is 65.9. The Morgan fingerprint density at radius 2 is 0.948 bits per heavy atom. The van der Waals surface area contributed by atoms with E-state index in [2.05, 4.69) is 41.9 Å². The summed E-state index contributed by atoms with van der Waals surface area (Å²) in [6.07, 6.45) is 17.7. The molecule has 2 unspecified atom stereocenters. The number of allylic oxidation sites excluding steroid dienone is 2. The number of carbonyl (C=O) groups excluding carboxylic acids is 9. The number of nitrogens with one attached hydrogen (secondary N) is 6. The molecule has 8 aliphatic rings. The van der Waals surface area contributed by atoms with Crippen molar-refractivity contribution in [3.05, 3.63) is 94.7 Å². The van der Waals surface area contributed by atoms with Crippen LogP contribution in [-0.4, -0.2) is 187 Å². The summed E-state index contributed by atoms with van der Waals surface area (Å²) in [7, 11) is 1.30. The number of aromatic nitrogens is 4. The van der Waals surface area contributed by atoms with E-state index >= 15 is 0 Å². The number of methoxy groups -OCH3 is 1. The Bertz CT molecular complexity index is 4690. The van der Waals surface area contributed by atoms with Gasteiger partial charge in [-0.25, -0.2) is 48.7 Å². The minimum Gasteiger partial charge on any atom is -0.488 e. The zero-order chi connectivity index (χ0) is 81.2. The molecule has 7 N–H and O–H groups in total. The molecular formula is C83H102N12O18S2. The summed E-state index contributed by atoms with van der Waals surface area (Å²) in [6, 6.07) is 11.0. The van der Waals surface area contributed by atoms with Gasteiger partial charge in [0, 0.05) is 58.3 Å². The van der Waals surface area contributed by atoms with Gasteiger partial charge in [0.1, 0.15) is 82.5 Å². The number of aryl methyl sites for hydroxylation is 2. The highest BCUT2D eigenvalue weighted by atomic mass is 32.1. The third-order valence-electron chi connectivity index (χ3n) is 22.4. The molecule has 0 bridgehead atoms. The number of carboxylic acid groups (broad SMARTS) is 1. The molecule has 10 atom stereocenters. The highest BCUT2D eigenvalue weighted by Gasteiger charge is 2.63. The number of hydrogen-bond acceptors (Lipinski definition) is 23. The van der Waals surface area contributed by atoms with Gasteiger partial charge in [-0.2, -0.15) is 0 Å². The molecule has 6 aromatic rings. The number of alkyl carbamates (subject to hydrolysis) is 2. The monoisotopic (exact) mass is 1620 g/mol. The predicted octanol–water partition coefficient (Wildman–Crippen LogP) is 13.1. The average molecular weight is 1620 g/mol. The van der Waals surface area contributed by atoms with Crippen molar-refractivity contribution < 1.29 is 86.2 Å². The molecule has 4 aliphatic heterocycles. The SMILES string of the molecule is COC(=O)[C@@]12CC1/C=C\CCCCC[C@H](NC(=O)OC1CCCC1)C(=O)N1C[C@H](Oc3cc(-c4csc(NC(=O)OC(C)C)n4)nc4c(C)cccc34)C[C@H]1C(=O)N2.Cc1cccc2c(O[C@@H]3C[C@H]4C(=O)N[C@]5(C(=O)O)CC5/C=C\CCCCC[C@H](NC(=O)OC5CCCC5)C(=O)N4C3)cc(-c3csc(NC(=O)OC(C)C)n3)nc12. The molecule has 4 aromatic heterocycles. The third-order valence-corrected chi connectivity index (χ3v) is 23.9. The van der Waals surface area contributed by atoms with E-state index in [4.69, 9.17) is 43.1 Å². The first-order valence-electron chi connectivity index (χ1n) is 40.2. The van der Waals surface area contributed by atoms with Crippen LogP contribution in [0.4, 0.5) is 29.4 Å². The van der Waals surface area contributed by atoms with Crippen LogP contribution in [0.15, 0.2) is 83.6 Å². The largest absolute Gasteiger partial charge is 0.488 e. The van der Waals surface area contributed by atoms with Crippen molar-refractivity contribution in [1.82, 2.24) is 51.0 Å². The number of pyridine rings is 2. The topological polar surface area (TPSA) is 386 Å². The smallest absolute Gasteiger partial charge is 0.413 e. The van der Waals surface area contributed by atoms with Crippen LogP contribution < -0.4 is 41.4 Å². The summed E-state index contributed by atoms with van der Waals surface area (Å²) < 4.78 is 40.4. The molecule has 30 nitrogen and oxygen atoms in total. The van der Waals surface area contributed by atoms with Gasteiger partial charge in [-0.15, -0.1) is 22.7 Å². The fourth-order valence-electron chi connectivity index (χ4n) is 16.2. The Balaban J connectivity index is 0.000000200. The number of para-hydroxylation sites is 2. The molecule has 8 amide bonds. The van der Waals surface area contributed by atoms with Crippen molar-refractivity contribution in [3.8, 4) is 34.3 Å². The van der Waals surface area contributed by atoms with Gasteiger partial charge in [0.15, 0.2) is 10.3 Å². The minimum absolute atomic E-state index is 0.00384. The second kappa shape index (κ2) is 36.5. The molecule has 115 heavy (non-hydrogen) atoms. The highest BCUT2D eigenvalue weighted by molar-refractivity contribution is 7.14. The Morgan fingerprint density at radius 1 is 0.530 bits per heavy atom. The summed E-state index contributed by atoms with van der Waals surface area (Å²) in [5.74, 6) is -3.32. The van der Waals surface area contributed by atoms with E-state index in [9.17, 15) is 53.1 Å².